The van der Waals surface area contributed by atoms with Gasteiger partial charge in [-0.2, -0.15) is 0 Å². The molecule has 1 heterocycles. The fourth-order valence-electron chi connectivity index (χ4n) is 2.63. The Morgan fingerprint density at radius 1 is 1.00 bits per heavy atom. The average Bonchev–Trinajstić information content (AvgIpc) is 3.12. The zero-order valence-electron chi connectivity index (χ0n) is 15.0. The second kappa shape index (κ2) is 7.63. The van der Waals surface area contributed by atoms with E-state index in [1.54, 1.807) is 36.5 Å². The third kappa shape index (κ3) is 4.01. The first kappa shape index (κ1) is 18.7. The van der Waals surface area contributed by atoms with E-state index in [-0.39, 0.29) is 4.90 Å². The third-order valence-corrected chi connectivity index (χ3v) is 5.75. The lowest BCUT2D eigenvalue weighted by Crippen LogP contribution is -2.10. The van der Waals surface area contributed by atoms with Crippen molar-refractivity contribution in [2.24, 2.45) is 0 Å². The van der Waals surface area contributed by atoms with E-state index >= 15 is 0 Å². The van der Waals surface area contributed by atoms with E-state index in [9.17, 15) is 13.2 Å². The van der Waals surface area contributed by atoms with E-state index < -0.39 is 16.0 Å². The second-order valence-corrected chi connectivity index (χ2v) is 7.84. The zero-order chi connectivity index (χ0) is 19.4. The highest BCUT2D eigenvalue weighted by Crippen LogP contribution is 2.28. The van der Waals surface area contributed by atoms with Crippen LogP contribution in [0.15, 0.2) is 78.0 Å². The first-order valence-electron chi connectivity index (χ1n) is 8.27. The summed E-state index contributed by atoms with van der Waals surface area (Å²) in [4.78, 5) is 11.7. The van der Waals surface area contributed by atoms with Crippen molar-refractivity contribution in [3.05, 3.63) is 84.2 Å². The first-order chi connectivity index (χ1) is 12.9. The average molecular weight is 381 g/mol. The normalized spacial score (nSPS) is 11.6. The molecule has 0 radical (unpaired) electrons. The largest absolute Gasteiger partial charge is 0.466 e. The minimum atomic E-state index is -3.74. The summed E-state index contributed by atoms with van der Waals surface area (Å²) >= 11 is 0. The van der Waals surface area contributed by atoms with Crippen LogP contribution in [0.25, 0.3) is 17.2 Å². The molecule has 0 saturated heterocycles. The number of hydrogen-bond acceptors (Lipinski definition) is 4. The highest BCUT2D eigenvalue weighted by Gasteiger charge is 2.19. The van der Waals surface area contributed by atoms with Gasteiger partial charge in [0.05, 0.1) is 12.0 Å². The summed E-state index contributed by atoms with van der Waals surface area (Å²) in [5, 5.41) is 0. The molecule has 0 saturated carbocycles. The fraction of sp³-hybridized carbons (Fsp3) is 0.0952. The maximum absolute atomic E-state index is 13.0. The molecule has 0 bridgehead atoms. The molecule has 1 aromatic heterocycles. The Kier molecular flexibility index (Phi) is 5.28. The molecule has 0 aliphatic heterocycles. The smallest absolute Gasteiger partial charge is 0.330 e. The van der Waals surface area contributed by atoms with Crippen molar-refractivity contribution >= 4 is 22.1 Å². The lowest BCUT2D eigenvalue weighted by Gasteiger charge is -2.05. The van der Waals surface area contributed by atoms with Crippen molar-refractivity contribution in [2.45, 2.75) is 11.8 Å². The number of hydrogen-bond donors (Lipinski definition) is 0. The summed E-state index contributed by atoms with van der Waals surface area (Å²) in [5.74, 6) is -0.511. The number of rotatable bonds is 5. The Hall–Kier alpha value is -3.12. The molecule has 0 aliphatic carbocycles. The Balaban J connectivity index is 2.12. The summed E-state index contributed by atoms with van der Waals surface area (Å²) in [6.45, 7) is 1.90. The van der Waals surface area contributed by atoms with Crippen LogP contribution in [0.1, 0.15) is 11.1 Å². The summed E-state index contributed by atoms with van der Waals surface area (Å²) in [6.07, 6.45) is 5.87. The SMILES string of the molecule is COC(=O)/C=C/c1cn(S(=O)(=O)c2ccc(C)cc2)cc1-c1ccccc1. The van der Waals surface area contributed by atoms with Crippen LogP contribution in [-0.4, -0.2) is 25.5 Å². The quantitative estimate of drug-likeness (QED) is 0.497. The summed E-state index contributed by atoms with van der Waals surface area (Å²) in [6, 6.07) is 16.1. The van der Waals surface area contributed by atoms with E-state index in [4.69, 9.17) is 0 Å². The molecule has 6 heteroatoms. The van der Waals surface area contributed by atoms with Gasteiger partial charge in [-0.15, -0.1) is 0 Å². The fourth-order valence-corrected chi connectivity index (χ4v) is 3.85. The van der Waals surface area contributed by atoms with Crippen molar-refractivity contribution in [1.82, 2.24) is 3.97 Å². The van der Waals surface area contributed by atoms with Crippen LogP contribution in [0.3, 0.4) is 0 Å². The number of carbonyl (C=O) groups is 1. The molecular formula is C21H19NO4S. The molecular weight excluding hydrogens is 362 g/mol. The van der Waals surface area contributed by atoms with Crippen LogP contribution in [0, 0.1) is 6.92 Å². The molecule has 0 atom stereocenters. The van der Waals surface area contributed by atoms with Crippen molar-refractivity contribution in [3.8, 4) is 11.1 Å². The van der Waals surface area contributed by atoms with Crippen LogP contribution in [0.4, 0.5) is 0 Å². The van der Waals surface area contributed by atoms with Crippen LogP contribution in [-0.2, 0) is 19.6 Å². The van der Waals surface area contributed by atoms with Gasteiger partial charge in [0.1, 0.15) is 0 Å². The minimum Gasteiger partial charge on any atom is -0.466 e. The molecule has 5 nitrogen and oxygen atoms in total. The maximum atomic E-state index is 13.0. The molecule has 2 aromatic carbocycles. The number of carbonyl (C=O) groups excluding carboxylic acids is 1. The Bertz CT molecular complexity index is 1080. The first-order valence-corrected chi connectivity index (χ1v) is 9.71. The number of methoxy groups -OCH3 is 1. The lowest BCUT2D eigenvalue weighted by atomic mass is 10.0. The molecule has 0 aliphatic rings. The van der Waals surface area contributed by atoms with Crippen LogP contribution < -0.4 is 0 Å². The highest BCUT2D eigenvalue weighted by atomic mass is 32.2. The van der Waals surface area contributed by atoms with Gasteiger partial charge in [0.2, 0.25) is 0 Å². The standard InChI is InChI=1S/C21H19NO4S/c1-16-8-11-19(12-9-16)27(24,25)22-14-18(10-13-21(23)26-2)20(15-22)17-6-4-3-5-7-17/h3-15H,1-2H3/b13-10+. The van der Waals surface area contributed by atoms with Gasteiger partial charge >= 0.3 is 5.97 Å². The molecule has 138 valence electrons. The molecule has 0 unspecified atom stereocenters. The summed E-state index contributed by atoms with van der Waals surface area (Å²) in [5.41, 5.74) is 3.13. The topological polar surface area (TPSA) is 65.4 Å². The van der Waals surface area contributed by atoms with Crippen LogP contribution in [0.5, 0.6) is 0 Å². The number of esters is 1. The van der Waals surface area contributed by atoms with E-state index in [1.165, 1.54) is 23.4 Å². The van der Waals surface area contributed by atoms with Gasteiger partial charge in [0.15, 0.2) is 0 Å². The molecule has 3 rings (SSSR count). The molecule has 0 amide bonds. The number of ether oxygens (including phenoxy) is 1. The van der Waals surface area contributed by atoms with Crippen molar-refractivity contribution in [1.29, 1.82) is 0 Å². The van der Waals surface area contributed by atoms with E-state index in [0.717, 1.165) is 11.1 Å². The van der Waals surface area contributed by atoms with Gasteiger partial charge in [0, 0.05) is 29.6 Å². The number of aryl methyl sites for hydroxylation is 1. The summed E-state index contributed by atoms with van der Waals surface area (Å²) < 4.78 is 31.8. The van der Waals surface area contributed by atoms with Gasteiger partial charge in [-0.05, 0) is 30.7 Å². The predicted molar refractivity (Wildman–Crippen MR) is 105 cm³/mol. The van der Waals surface area contributed by atoms with Gasteiger partial charge in [-0.1, -0.05) is 48.0 Å². The van der Waals surface area contributed by atoms with Crippen molar-refractivity contribution in [3.63, 3.8) is 0 Å². The third-order valence-electron chi connectivity index (χ3n) is 4.12. The van der Waals surface area contributed by atoms with Gasteiger partial charge in [-0.25, -0.2) is 17.2 Å². The minimum absolute atomic E-state index is 0.200. The number of aromatic nitrogens is 1. The zero-order valence-corrected chi connectivity index (χ0v) is 15.8. The van der Waals surface area contributed by atoms with E-state index in [2.05, 4.69) is 4.74 Å². The lowest BCUT2D eigenvalue weighted by molar-refractivity contribution is -0.134. The Morgan fingerprint density at radius 3 is 2.30 bits per heavy atom. The van der Waals surface area contributed by atoms with E-state index in [1.807, 2.05) is 37.3 Å². The Morgan fingerprint density at radius 2 is 1.67 bits per heavy atom. The van der Waals surface area contributed by atoms with Crippen molar-refractivity contribution < 1.29 is 17.9 Å². The van der Waals surface area contributed by atoms with E-state index in [0.29, 0.717) is 11.1 Å². The number of benzene rings is 2. The van der Waals surface area contributed by atoms with Gasteiger partial charge in [-0.3, -0.25) is 0 Å². The predicted octanol–water partition coefficient (Wildman–Crippen LogP) is 3.89. The number of nitrogens with zero attached hydrogens (tertiary/aromatic N) is 1. The molecule has 0 N–H and O–H groups in total. The molecule has 3 aromatic rings. The van der Waals surface area contributed by atoms with Crippen LogP contribution in [0.2, 0.25) is 0 Å². The second-order valence-electron chi connectivity index (χ2n) is 6.00. The van der Waals surface area contributed by atoms with Gasteiger partial charge < -0.3 is 4.74 Å². The monoisotopic (exact) mass is 381 g/mol. The summed E-state index contributed by atoms with van der Waals surface area (Å²) in [7, 11) is -2.45. The molecule has 0 spiro atoms. The maximum Gasteiger partial charge on any atom is 0.330 e. The van der Waals surface area contributed by atoms with Crippen LogP contribution >= 0.6 is 0 Å². The van der Waals surface area contributed by atoms with Gasteiger partial charge in [0.25, 0.3) is 10.0 Å². The molecule has 0 fully saturated rings. The molecule has 27 heavy (non-hydrogen) atoms. The Labute approximate surface area is 158 Å². The highest BCUT2D eigenvalue weighted by molar-refractivity contribution is 7.90. The van der Waals surface area contributed by atoms with Crippen molar-refractivity contribution in [2.75, 3.05) is 7.11 Å².